The third kappa shape index (κ3) is 5.13. The van der Waals surface area contributed by atoms with Crippen LogP contribution in [-0.4, -0.2) is 23.7 Å². The molecule has 2 aromatic carbocycles. The highest BCUT2D eigenvalue weighted by molar-refractivity contribution is 5.94. The number of amides is 1. The second-order valence-corrected chi connectivity index (χ2v) is 5.19. The summed E-state index contributed by atoms with van der Waals surface area (Å²) >= 11 is 0. The molecule has 5 nitrogen and oxygen atoms in total. The van der Waals surface area contributed by atoms with E-state index in [1.807, 2.05) is 6.07 Å². The number of nitriles is 1. The van der Waals surface area contributed by atoms with Crippen LogP contribution < -0.4 is 10.1 Å². The van der Waals surface area contributed by atoms with Gasteiger partial charge in [-0.05, 0) is 42.8 Å². The van der Waals surface area contributed by atoms with Crippen LogP contribution in [0, 0.1) is 11.3 Å². The van der Waals surface area contributed by atoms with Gasteiger partial charge in [0.25, 0.3) is 5.91 Å². The van der Waals surface area contributed by atoms with E-state index in [0.717, 1.165) is 5.56 Å². The predicted molar refractivity (Wildman–Crippen MR) is 85.9 cm³/mol. The van der Waals surface area contributed by atoms with Gasteiger partial charge in [0.05, 0.1) is 17.7 Å². The second kappa shape index (κ2) is 7.97. The Morgan fingerprint density at radius 3 is 2.83 bits per heavy atom. The van der Waals surface area contributed by atoms with Gasteiger partial charge in [0, 0.05) is 12.1 Å². The third-order valence-electron chi connectivity index (χ3n) is 3.12. The summed E-state index contributed by atoms with van der Waals surface area (Å²) in [5.41, 5.74) is 1.89. The van der Waals surface area contributed by atoms with E-state index in [0.29, 0.717) is 23.5 Å². The van der Waals surface area contributed by atoms with Crippen molar-refractivity contribution in [3.63, 3.8) is 0 Å². The van der Waals surface area contributed by atoms with Crippen LogP contribution in [0.15, 0.2) is 48.5 Å². The number of hydrogen-bond donors (Lipinski definition) is 2. The summed E-state index contributed by atoms with van der Waals surface area (Å²) < 4.78 is 5.64. The zero-order chi connectivity index (χ0) is 16.7. The minimum absolute atomic E-state index is 0.209. The summed E-state index contributed by atoms with van der Waals surface area (Å²) in [5, 5.41) is 20.7. The average Bonchev–Trinajstić information content (AvgIpc) is 2.58. The molecule has 0 aliphatic heterocycles. The Balaban J connectivity index is 1.99. The molecule has 1 atom stereocenters. The number of carbonyl (C=O) groups is 1. The maximum absolute atomic E-state index is 12.0. The number of rotatable bonds is 6. The molecule has 0 bridgehead atoms. The van der Waals surface area contributed by atoms with Crippen molar-refractivity contribution in [2.75, 3.05) is 6.54 Å². The number of aliphatic hydroxyl groups excluding tert-OH is 1. The number of carbonyl (C=O) groups excluding carboxylic acids is 1. The number of aliphatic hydroxyl groups is 1. The molecule has 0 radical (unpaired) electrons. The first kappa shape index (κ1) is 16.5. The number of ether oxygens (including phenoxy) is 1. The molecule has 1 unspecified atom stereocenters. The summed E-state index contributed by atoms with van der Waals surface area (Å²) in [6, 6.07) is 16.1. The van der Waals surface area contributed by atoms with Crippen molar-refractivity contribution in [3.8, 4) is 11.8 Å². The Labute approximate surface area is 135 Å². The van der Waals surface area contributed by atoms with Crippen LogP contribution in [0.1, 0.15) is 28.4 Å². The average molecular weight is 310 g/mol. The lowest BCUT2D eigenvalue weighted by atomic mass is 10.1. The van der Waals surface area contributed by atoms with Gasteiger partial charge in [0.2, 0.25) is 0 Å². The summed E-state index contributed by atoms with van der Waals surface area (Å²) in [6.45, 7) is 2.12. The quantitative estimate of drug-likeness (QED) is 0.857. The standard InChI is InChI=1S/C18H18N2O3/c1-13(21)11-20-18(22)16-6-2-5-15(8-16)12-23-17-7-3-4-14(9-17)10-19/h2-9,13,21H,11-12H2,1H3,(H,20,22). The van der Waals surface area contributed by atoms with Crippen molar-refractivity contribution in [1.29, 1.82) is 5.26 Å². The predicted octanol–water partition coefficient (Wildman–Crippen LogP) is 2.25. The van der Waals surface area contributed by atoms with Gasteiger partial charge in [-0.2, -0.15) is 5.26 Å². The van der Waals surface area contributed by atoms with Gasteiger partial charge in [0.15, 0.2) is 0 Å². The molecule has 2 rings (SSSR count). The summed E-state index contributed by atoms with van der Waals surface area (Å²) in [7, 11) is 0. The van der Waals surface area contributed by atoms with E-state index in [1.54, 1.807) is 49.4 Å². The molecule has 0 saturated heterocycles. The summed E-state index contributed by atoms with van der Waals surface area (Å²) in [5.74, 6) is 0.368. The summed E-state index contributed by atoms with van der Waals surface area (Å²) in [4.78, 5) is 12.0. The van der Waals surface area contributed by atoms with Gasteiger partial charge in [-0.1, -0.05) is 18.2 Å². The van der Waals surface area contributed by atoms with E-state index in [1.165, 1.54) is 0 Å². The molecule has 5 heteroatoms. The topological polar surface area (TPSA) is 82.3 Å². The number of nitrogens with one attached hydrogen (secondary N) is 1. The van der Waals surface area contributed by atoms with Gasteiger partial charge < -0.3 is 15.2 Å². The zero-order valence-corrected chi connectivity index (χ0v) is 12.8. The maximum atomic E-state index is 12.0. The van der Waals surface area contributed by atoms with Gasteiger partial charge in [-0.25, -0.2) is 0 Å². The van der Waals surface area contributed by atoms with Crippen LogP contribution >= 0.6 is 0 Å². The Morgan fingerprint density at radius 1 is 1.30 bits per heavy atom. The molecule has 0 heterocycles. The molecular formula is C18H18N2O3. The van der Waals surface area contributed by atoms with Crippen molar-refractivity contribution in [1.82, 2.24) is 5.32 Å². The van der Waals surface area contributed by atoms with Crippen LogP contribution in [0.25, 0.3) is 0 Å². The maximum Gasteiger partial charge on any atom is 0.251 e. The van der Waals surface area contributed by atoms with E-state index in [2.05, 4.69) is 11.4 Å². The first-order valence-electron chi connectivity index (χ1n) is 7.26. The molecule has 0 fully saturated rings. The van der Waals surface area contributed by atoms with Crippen molar-refractivity contribution in [3.05, 3.63) is 65.2 Å². The fraction of sp³-hybridized carbons (Fsp3) is 0.222. The Kier molecular flexibility index (Phi) is 5.73. The monoisotopic (exact) mass is 310 g/mol. The normalized spacial score (nSPS) is 11.3. The molecule has 0 spiro atoms. The van der Waals surface area contributed by atoms with Crippen LogP contribution in [0.3, 0.4) is 0 Å². The van der Waals surface area contributed by atoms with E-state index in [4.69, 9.17) is 10.00 Å². The van der Waals surface area contributed by atoms with Crippen molar-refractivity contribution in [2.45, 2.75) is 19.6 Å². The van der Waals surface area contributed by atoms with Gasteiger partial charge >= 0.3 is 0 Å². The van der Waals surface area contributed by atoms with Crippen LogP contribution in [-0.2, 0) is 6.61 Å². The first-order chi connectivity index (χ1) is 11.1. The van der Waals surface area contributed by atoms with Gasteiger partial charge in [-0.15, -0.1) is 0 Å². The van der Waals surface area contributed by atoms with Gasteiger partial charge in [0.1, 0.15) is 12.4 Å². The van der Waals surface area contributed by atoms with Crippen LogP contribution in [0.4, 0.5) is 0 Å². The van der Waals surface area contributed by atoms with Crippen LogP contribution in [0.5, 0.6) is 5.75 Å². The number of nitrogens with zero attached hydrogens (tertiary/aromatic N) is 1. The van der Waals surface area contributed by atoms with Crippen LogP contribution in [0.2, 0.25) is 0 Å². The molecule has 0 aliphatic carbocycles. The largest absolute Gasteiger partial charge is 0.489 e. The lowest BCUT2D eigenvalue weighted by molar-refractivity contribution is 0.0924. The molecule has 0 saturated carbocycles. The second-order valence-electron chi connectivity index (χ2n) is 5.19. The highest BCUT2D eigenvalue weighted by atomic mass is 16.5. The fourth-order valence-corrected chi connectivity index (χ4v) is 1.97. The van der Waals surface area contributed by atoms with Crippen molar-refractivity contribution in [2.24, 2.45) is 0 Å². The molecule has 1 amide bonds. The van der Waals surface area contributed by atoms with E-state index >= 15 is 0 Å². The molecule has 2 N–H and O–H groups in total. The number of hydrogen-bond acceptors (Lipinski definition) is 4. The fourth-order valence-electron chi connectivity index (χ4n) is 1.97. The smallest absolute Gasteiger partial charge is 0.251 e. The molecule has 23 heavy (non-hydrogen) atoms. The van der Waals surface area contributed by atoms with Crippen molar-refractivity contribution >= 4 is 5.91 Å². The Morgan fingerprint density at radius 2 is 2.09 bits per heavy atom. The number of benzene rings is 2. The van der Waals surface area contributed by atoms with Gasteiger partial charge in [-0.3, -0.25) is 4.79 Å². The molecule has 2 aromatic rings. The first-order valence-corrected chi connectivity index (χ1v) is 7.26. The lowest BCUT2D eigenvalue weighted by Gasteiger charge is -2.09. The molecule has 118 valence electrons. The summed E-state index contributed by atoms with van der Waals surface area (Å²) in [6.07, 6.45) is -0.585. The van der Waals surface area contributed by atoms with Crippen molar-refractivity contribution < 1.29 is 14.6 Å². The SMILES string of the molecule is CC(O)CNC(=O)c1cccc(COc2cccc(C#N)c2)c1. The zero-order valence-electron chi connectivity index (χ0n) is 12.8. The minimum Gasteiger partial charge on any atom is -0.489 e. The highest BCUT2D eigenvalue weighted by Gasteiger charge is 2.07. The molecular weight excluding hydrogens is 292 g/mol. The van der Waals surface area contributed by atoms with E-state index in [-0.39, 0.29) is 12.5 Å². The Bertz CT molecular complexity index is 720. The van der Waals surface area contributed by atoms with E-state index < -0.39 is 6.10 Å². The molecule has 0 aliphatic rings. The molecule has 0 aromatic heterocycles. The Hall–Kier alpha value is -2.84. The third-order valence-corrected chi connectivity index (χ3v) is 3.12. The highest BCUT2D eigenvalue weighted by Crippen LogP contribution is 2.15. The minimum atomic E-state index is -0.585. The van der Waals surface area contributed by atoms with E-state index in [9.17, 15) is 9.90 Å². The lowest BCUT2D eigenvalue weighted by Crippen LogP contribution is -2.30.